The van der Waals surface area contributed by atoms with E-state index in [1.54, 1.807) is 31.4 Å². The minimum atomic E-state index is -0.844. The second-order valence-electron chi connectivity index (χ2n) is 5.76. The van der Waals surface area contributed by atoms with Crippen molar-refractivity contribution >= 4 is 45.2 Å². The van der Waals surface area contributed by atoms with Crippen molar-refractivity contribution in [2.45, 2.75) is 19.4 Å². The van der Waals surface area contributed by atoms with E-state index in [0.29, 0.717) is 19.0 Å². The molecule has 0 aromatic carbocycles. The molecule has 0 spiro atoms. The number of rotatable bonds is 5. The number of carbonyl (C=O) groups is 2. The van der Waals surface area contributed by atoms with Crippen LogP contribution in [0.15, 0.2) is 28.2 Å². The van der Waals surface area contributed by atoms with Crippen LogP contribution in [0.1, 0.15) is 13.8 Å². The number of imide groups is 1. The number of hydrogen-bond donors (Lipinski definition) is 2. The van der Waals surface area contributed by atoms with Crippen LogP contribution in [-0.2, 0) is 4.79 Å². The Morgan fingerprint density at radius 3 is 2.79 bits per heavy atom. The number of nitrogens with zero attached hydrogens (tertiary/aromatic N) is 3. The molecule has 126 valence electrons. The molecule has 24 heavy (non-hydrogen) atoms. The van der Waals surface area contributed by atoms with Gasteiger partial charge in [0.15, 0.2) is 0 Å². The van der Waals surface area contributed by atoms with Crippen LogP contribution < -0.4 is 10.6 Å². The minimum absolute atomic E-state index is 0.284. The molecule has 2 aromatic rings. The van der Waals surface area contributed by atoms with Crippen molar-refractivity contribution in [2.75, 3.05) is 18.4 Å². The Hall–Kier alpha value is -2.00. The Bertz CT molecular complexity index is 792. The minimum Gasteiger partial charge on any atom is -0.352 e. The van der Waals surface area contributed by atoms with Crippen molar-refractivity contribution < 1.29 is 9.59 Å². The van der Waals surface area contributed by atoms with Crippen LogP contribution in [0.5, 0.6) is 0 Å². The number of urea groups is 1. The van der Waals surface area contributed by atoms with Gasteiger partial charge in [0.25, 0.3) is 5.91 Å². The van der Waals surface area contributed by atoms with E-state index < -0.39 is 5.54 Å². The van der Waals surface area contributed by atoms with Gasteiger partial charge in [0, 0.05) is 23.8 Å². The molecule has 0 atom stereocenters. The molecule has 1 aliphatic heterocycles. The number of anilines is 1. The maximum atomic E-state index is 11.8. The second-order valence-corrected chi connectivity index (χ2v) is 7.53. The van der Waals surface area contributed by atoms with Gasteiger partial charge in [0.1, 0.15) is 5.54 Å². The zero-order valence-corrected chi connectivity index (χ0v) is 15.6. The van der Waals surface area contributed by atoms with Gasteiger partial charge >= 0.3 is 6.03 Å². The van der Waals surface area contributed by atoms with Crippen molar-refractivity contribution in [3.8, 4) is 10.6 Å². The average molecular weight is 410 g/mol. The summed E-state index contributed by atoms with van der Waals surface area (Å²) in [5.74, 6) is 0.199. The van der Waals surface area contributed by atoms with Crippen molar-refractivity contribution in [3.05, 3.63) is 28.2 Å². The molecule has 0 bridgehead atoms. The lowest BCUT2D eigenvalue weighted by molar-refractivity contribution is -0.125. The number of thiophene rings is 1. The molecule has 7 nitrogen and oxygen atoms in total. The van der Waals surface area contributed by atoms with Crippen LogP contribution in [0.3, 0.4) is 0 Å². The van der Waals surface area contributed by atoms with E-state index in [1.807, 2.05) is 17.5 Å². The van der Waals surface area contributed by atoms with Gasteiger partial charge in [0.05, 0.1) is 10.6 Å². The van der Waals surface area contributed by atoms with Crippen LogP contribution in [0.2, 0.25) is 0 Å². The van der Waals surface area contributed by atoms with Crippen molar-refractivity contribution in [1.29, 1.82) is 0 Å². The first kappa shape index (κ1) is 16.8. The molecule has 0 aliphatic carbocycles. The Kier molecular flexibility index (Phi) is 4.55. The molecule has 0 saturated carbocycles. The van der Waals surface area contributed by atoms with Crippen LogP contribution in [0, 0.1) is 0 Å². The number of aromatic nitrogens is 2. The van der Waals surface area contributed by atoms with Crippen LogP contribution in [-0.4, -0.2) is 45.4 Å². The fourth-order valence-corrected chi connectivity index (χ4v) is 3.95. The SMILES string of the molecule is CC1(C)C(=O)NC(=O)N1CCNc1nccc(-c2sccc2Br)n1. The topological polar surface area (TPSA) is 87.2 Å². The molecule has 9 heteroatoms. The number of hydrogen-bond acceptors (Lipinski definition) is 6. The fourth-order valence-electron chi connectivity index (χ4n) is 2.40. The smallest absolute Gasteiger partial charge is 0.325 e. The lowest BCUT2D eigenvalue weighted by atomic mass is 10.0. The van der Waals surface area contributed by atoms with Crippen LogP contribution in [0.4, 0.5) is 10.7 Å². The van der Waals surface area contributed by atoms with Crippen LogP contribution >= 0.6 is 27.3 Å². The fraction of sp³-hybridized carbons (Fsp3) is 0.333. The molecule has 3 rings (SSSR count). The summed E-state index contributed by atoms with van der Waals surface area (Å²) < 4.78 is 0.992. The largest absolute Gasteiger partial charge is 0.352 e. The van der Waals surface area contributed by atoms with Gasteiger partial charge in [-0.1, -0.05) is 0 Å². The molecule has 2 aromatic heterocycles. The predicted octanol–water partition coefficient (Wildman–Crippen LogP) is 2.71. The zero-order chi connectivity index (χ0) is 17.3. The number of amides is 3. The molecular weight excluding hydrogens is 394 g/mol. The van der Waals surface area contributed by atoms with E-state index in [0.717, 1.165) is 15.0 Å². The van der Waals surface area contributed by atoms with E-state index in [-0.39, 0.29) is 11.9 Å². The van der Waals surface area contributed by atoms with Gasteiger partial charge in [-0.05, 0) is 47.3 Å². The van der Waals surface area contributed by atoms with E-state index >= 15 is 0 Å². The summed E-state index contributed by atoms with van der Waals surface area (Å²) >= 11 is 5.09. The second kappa shape index (κ2) is 6.48. The Labute approximate surface area is 151 Å². The van der Waals surface area contributed by atoms with Gasteiger partial charge in [-0.15, -0.1) is 11.3 Å². The summed E-state index contributed by atoms with van der Waals surface area (Å²) in [5.41, 5.74) is -0.0210. The average Bonchev–Trinajstić information content (AvgIpc) is 3.04. The highest BCUT2D eigenvalue weighted by molar-refractivity contribution is 9.10. The van der Waals surface area contributed by atoms with Crippen molar-refractivity contribution in [3.63, 3.8) is 0 Å². The predicted molar refractivity (Wildman–Crippen MR) is 95.9 cm³/mol. The quantitative estimate of drug-likeness (QED) is 0.741. The summed E-state index contributed by atoms with van der Waals surface area (Å²) in [5, 5.41) is 7.41. The maximum absolute atomic E-state index is 11.8. The first-order chi connectivity index (χ1) is 11.4. The molecule has 0 unspecified atom stereocenters. The van der Waals surface area contributed by atoms with Gasteiger partial charge < -0.3 is 10.2 Å². The summed E-state index contributed by atoms with van der Waals surface area (Å²) in [6, 6.07) is 3.45. The molecule has 3 amide bonds. The van der Waals surface area contributed by atoms with Gasteiger partial charge in [-0.3, -0.25) is 10.1 Å². The monoisotopic (exact) mass is 409 g/mol. The van der Waals surface area contributed by atoms with Crippen LogP contribution in [0.25, 0.3) is 10.6 Å². The van der Waals surface area contributed by atoms with E-state index in [4.69, 9.17) is 0 Å². The zero-order valence-electron chi connectivity index (χ0n) is 13.2. The molecule has 1 aliphatic rings. The Morgan fingerprint density at radius 1 is 1.38 bits per heavy atom. The Morgan fingerprint density at radius 2 is 2.17 bits per heavy atom. The van der Waals surface area contributed by atoms with E-state index in [9.17, 15) is 9.59 Å². The van der Waals surface area contributed by atoms with Crippen molar-refractivity contribution in [2.24, 2.45) is 0 Å². The van der Waals surface area contributed by atoms with Gasteiger partial charge in [-0.25, -0.2) is 14.8 Å². The standard InChI is InChI=1S/C15H16BrN5O2S/c1-15(2)12(22)20-14(23)21(15)7-6-18-13-17-5-3-10(19-13)11-9(16)4-8-24-11/h3-5,8H,6-7H2,1-2H3,(H,17,18,19)(H,20,22,23). The highest BCUT2D eigenvalue weighted by atomic mass is 79.9. The maximum Gasteiger partial charge on any atom is 0.325 e. The van der Waals surface area contributed by atoms with Gasteiger partial charge in [-0.2, -0.15) is 0 Å². The third-order valence-corrected chi connectivity index (χ3v) is 5.68. The van der Waals surface area contributed by atoms with Gasteiger partial charge in [0.2, 0.25) is 5.95 Å². The lowest BCUT2D eigenvalue weighted by Gasteiger charge is -2.27. The first-order valence-electron chi connectivity index (χ1n) is 7.33. The molecule has 3 heterocycles. The summed E-state index contributed by atoms with van der Waals surface area (Å²) in [6.45, 7) is 4.26. The number of carbonyl (C=O) groups excluding carboxylic acids is 2. The third kappa shape index (κ3) is 3.13. The number of nitrogens with one attached hydrogen (secondary N) is 2. The molecule has 0 radical (unpaired) electrons. The van der Waals surface area contributed by atoms with E-state index in [1.165, 1.54) is 4.90 Å². The molecular formula is C15H16BrN5O2S. The van der Waals surface area contributed by atoms with Crippen molar-refractivity contribution in [1.82, 2.24) is 20.2 Å². The summed E-state index contributed by atoms with van der Waals surface area (Å²) in [6.07, 6.45) is 1.69. The lowest BCUT2D eigenvalue weighted by Crippen LogP contribution is -2.46. The normalized spacial score (nSPS) is 16.4. The third-order valence-electron chi connectivity index (χ3n) is 3.82. The number of halogens is 1. The Balaban J connectivity index is 1.65. The highest BCUT2D eigenvalue weighted by Gasteiger charge is 2.44. The molecule has 2 N–H and O–H groups in total. The molecule has 1 fully saturated rings. The van der Waals surface area contributed by atoms with E-state index in [2.05, 4.69) is 36.5 Å². The first-order valence-corrected chi connectivity index (χ1v) is 9.00. The summed E-state index contributed by atoms with van der Waals surface area (Å²) in [7, 11) is 0. The molecule has 1 saturated heterocycles. The summed E-state index contributed by atoms with van der Waals surface area (Å²) in [4.78, 5) is 34.8. The highest BCUT2D eigenvalue weighted by Crippen LogP contribution is 2.32.